The van der Waals surface area contributed by atoms with Crippen molar-refractivity contribution in [3.05, 3.63) is 29.8 Å². The summed E-state index contributed by atoms with van der Waals surface area (Å²) >= 11 is 0. The van der Waals surface area contributed by atoms with Crippen LogP contribution in [0.5, 0.6) is 5.75 Å². The van der Waals surface area contributed by atoms with Crippen molar-refractivity contribution < 1.29 is 9.47 Å². The van der Waals surface area contributed by atoms with Crippen LogP contribution in [0.25, 0.3) is 0 Å². The van der Waals surface area contributed by atoms with E-state index in [2.05, 4.69) is 13.8 Å². The Hall–Kier alpha value is -1.06. The lowest BCUT2D eigenvalue weighted by Gasteiger charge is -2.16. The maximum Gasteiger partial charge on any atom is 0.119 e. The van der Waals surface area contributed by atoms with E-state index in [0.29, 0.717) is 13.2 Å². The summed E-state index contributed by atoms with van der Waals surface area (Å²) in [5, 5.41) is 0. The second-order valence-corrected chi connectivity index (χ2v) is 4.16. The van der Waals surface area contributed by atoms with E-state index >= 15 is 0 Å². The highest BCUT2D eigenvalue weighted by Gasteiger charge is 2.08. The van der Waals surface area contributed by atoms with Crippen LogP contribution in [-0.2, 0) is 4.74 Å². The van der Waals surface area contributed by atoms with Crippen molar-refractivity contribution in [3.8, 4) is 5.75 Å². The molecule has 96 valence electrons. The predicted molar refractivity (Wildman–Crippen MR) is 70.2 cm³/mol. The first-order valence-electron chi connectivity index (χ1n) is 6.27. The first kappa shape index (κ1) is 14.0. The molecule has 0 aliphatic carbocycles. The third-order valence-corrected chi connectivity index (χ3v) is 2.75. The molecule has 2 atom stereocenters. The first-order valence-corrected chi connectivity index (χ1v) is 6.27. The molecule has 3 nitrogen and oxygen atoms in total. The van der Waals surface area contributed by atoms with Gasteiger partial charge in [-0.3, -0.25) is 0 Å². The topological polar surface area (TPSA) is 44.5 Å². The number of rotatable bonds is 7. The van der Waals surface area contributed by atoms with Gasteiger partial charge >= 0.3 is 0 Å². The zero-order chi connectivity index (χ0) is 12.7. The van der Waals surface area contributed by atoms with E-state index in [0.717, 1.165) is 17.7 Å². The summed E-state index contributed by atoms with van der Waals surface area (Å²) in [5.74, 6) is 0.881. The molecule has 0 saturated heterocycles. The van der Waals surface area contributed by atoms with Gasteiger partial charge in [-0.2, -0.15) is 0 Å². The summed E-state index contributed by atoms with van der Waals surface area (Å²) in [7, 11) is 0. The molecular weight excluding hydrogens is 214 g/mol. The Labute approximate surface area is 104 Å². The molecule has 17 heavy (non-hydrogen) atoms. The van der Waals surface area contributed by atoms with Gasteiger partial charge in [-0.15, -0.1) is 0 Å². The van der Waals surface area contributed by atoms with Gasteiger partial charge in [-0.1, -0.05) is 19.1 Å². The van der Waals surface area contributed by atoms with Crippen molar-refractivity contribution in [1.29, 1.82) is 0 Å². The fourth-order valence-electron chi connectivity index (χ4n) is 1.46. The molecule has 0 fully saturated rings. The van der Waals surface area contributed by atoms with Crippen LogP contribution >= 0.6 is 0 Å². The van der Waals surface area contributed by atoms with E-state index in [-0.39, 0.29) is 12.1 Å². The Morgan fingerprint density at radius 1 is 1.18 bits per heavy atom. The minimum Gasteiger partial charge on any atom is -0.494 e. The zero-order valence-corrected chi connectivity index (χ0v) is 11.0. The minimum absolute atomic E-state index is 0.0697. The SMILES string of the molecule is CCOc1ccc(C(N)COC(C)CC)cc1. The summed E-state index contributed by atoms with van der Waals surface area (Å²) in [6, 6.07) is 7.81. The van der Waals surface area contributed by atoms with Crippen molar-refractivity contribution in [2.75, 3.05) is 13.2 Å². The summed E-state index contributed by atoms with van der Waals surface area (Å²) in [5.41, 5.74) is 7.14. The van der Waals surface area contributed by atoms with Crippen LogP contribution in [0, 0.1) is 0 Å². The molecule has 3 heteroatoms. The van der Waals surface area contributed by atoms with Gasteiger partial charge in [-0.25, -0.2) is 0 Å². The molecule has 2 N–H and O–H groups in total. The Morgan fingerprint density at radius 3 is 2.35 bits per heavy atom. The van der Waals surface area contributed by atoms with E-state index in [1.54, 1.807) is 0 Å². The van der Waals surface area contributed by atoms with Crippen molar-refractivity contribution in [1.82, 2.24) is 0 Å². The number of ether oxygens (including phenoxy) is 2. The third kappa shape index (κ3) is 4.75. The van der Waals surface area contributed by atoms with Crippen molar-refractivity contribution in [2.45, 2.75) is 39.3 Å². The van der Waals surface area contributed by atoms with Gasteiger partial charge in [0.1, 0.15) is 5.75 Å². The number of benzene rings is 1. The average Bonchev–Trinajstić information content (AvgIpc) is 2.36. The monoisotopic (exact) mass is 237 g/mol. The molecule has 1 aromatic carbocycles. The van der Waals surface area contributed by atoms with Crippen LogP contribution in [0.1, 0.15) is 38.8 Å². The van der Waals surface area contributed by atoms with Crippen LogP contribution in [-0.4, -0.2) is 19.3 Å². The van der Waals surface area contributed by atoms with Gasteiger partial charge in [0.25, 0.3) is 0 Å². The quantitative estimate of drug-likeness (QED) is 0.793. The highest BCUT2D eigenvalue weighted by atomic mass is 16.5. The fourth-order valence-corrected chi connectivity index (χ4v) is 1.46. The van der Waals surface area contributed by atoms with Gasteiger partial charge in [0.2, 0.25) is 0 Å². The van der Waals surface area contributed by atoms with Crippen molar-refractivity contribution in [3.63, 3.8) is 0 Å². The van der Waals surface area contributed by atoms with Crippen molar-refractivity contribution in [2.24, 2.45) is 5.73 Å². The highest BCUT2D eigenvalue weighted by Crippen LogP contribution is 2.17. The normalized spacial score (nSPS) is 14.4. The molecule has 0 aliphatic heterocycles. The van der Waals surface area contributed by atoms with E-state index in [4.69, 9.17) is 15.2 Å². The molecule has 0 aromatic heterocycles. The summed E-state index contributed by atoms with van der Waals surface area (Å²) < 4.78 is 11.0. The Bertz CT molecular complexity index is 311. The molecule has 0 amide bonds. The maximum atomic E-state index is 6.06. The minimum atomic E-state index is -0.0697. The number of hydrogen-bond donors (Lipinski definition) is 1. The van der Waals surface area contributed by atoms with Crippen LogP contribution in [0.3, 0.4) is 0 Å². The predicted octanol–water partition coefficient (Wildman–Crippen LogP) is 2.90. The molecule has 0 saturated carbocycles. The Balaban J connectivity index is 2.48. The second kappa shape index (κ2) is 7.30. The van der Waals surface area contributed by atoms with Gasteiger partial charge in [-0.05, 0) is 38.0 Å². The fraction of sp³-hybridized carbons (Fsp3) is 0.571. The number of nitrogens with two attached hydrogens (primary N) is 1. The zero-order valence-electron chi connectivity index (χ0n) is 11.0. The molecular formula is C14H23NO2. The van der Waals surface area contributed by atoms with Crippen LogP contribution in [0.15, 0.2) is 24.3 Å². The molecule has 0 aliphatic rings. The molecule has 1 rings (SSSR count). The van der Waals surface area contributed by atoms with Gasteiger partial charge < -0.3 is 15.2 Å². The summed E-state index contributed by atoms with van der Waals surface area (Å²) in [6.45, 7) is 7.38. The van der Waals surface area contributed by atoms with E-state index < -0.39 is 0 Å². The Morgan fingerprint density at radius 2 is 1.82 bits per heavy atom. The second-order valence-electron chi connectivity index (χ2n) is 4.16. The van der Waals surface area contributed by atoms with Crippen LogP contribution < -0.4 is 10.5 Å². The van der Waals surface area contributed by atoms with Crippen molar-refractivity contribution >= 4 is 0 Å². The largest absolute Gasteiger partial charge is 0.494 e. The standard InChI is InChI=1S/C14H23NO2/c1-4-11(3)17-10-14(15)12-6-8-13(9-7-12)16-5-2/h6-9,11,14H,4-5,10,15H2,1-3H3. The lowest BCUT2D eigenvalue weighted by molar-refractivity contribution is 0.0539. The lowest BCUT2D eigenvalue weighted by Crippen LogP contribution is -2.20. The van der Waals surface area contributed by atoms with Gasteiger partial charge in [0.15, 0.2) is 0 Å². The smallest absolute Gasteiger partial charge is 0.119 e. The number of hydrogen-bond acceptors (Lipinski definition) is 3. The molecule has 0 spiro atoms. The molecule has 1 aromatic rings. The van der Waals surface area contributed by atoms with E-state index in [9.17, 15) is 0 Å². The van der Waals surface area contributed by atoms with Crippen LogP contribution in [0.2, 0.25) is 0 Å². The summed E-state index contributed by atoms with van der Waals surface area (Å²) in [6.07, 6.45) is 1.28. The Kier molecular flexibility index (Phi) is 6.01. The van der Waals surface area contributed by atoms with E-state index in [1.807, 2.05) is 31.2 Å². The molecule has 0 bridgehead atoms. The van der Waals surface area contributed by atoms with Gasteiger partial charge in [0, 0.05) is 0 Å². The first-order chi connectivity index (χ1) is 8.17. The third-order valence-electron chi connectivity index (χ3n) is 2.75. The average molecular weight is 237 g/mol. The summed E-state index contributed by atoms with van der Waals surface area (Å²) in [4.78, 5) is 0. The van der Waals surface area contributed by atoms with E-state index in [1.165, 1.54) is 0 Å². The highest BCUT2D eigenvalue weighted by molar-refractivity contribution is 5.29. The van der Waals surface area contributed by atoms with Gasteiger partial charge in [0.05, 0.1) is 25.4 Å². The molecule has 0 heterocycles. The molecule has 0 radical (unpaired) electrons. The maximum absolute atomic E-state index is 6.06. The molecule has 2 unspecified atom stereocenters. The van der Waals surface area contributed by atoms with Crippen LogP contribution in [0.4, 0.5) is 0 Å². The lowest BCUT2D eigenvalue weighted by atomic mass is 10.1.